The van der Waals surface area contributed by atoms with Crippen molar-refractivity contribution in [2.75, 3.05) is 10.3 Å². The lowest BCUT2D eigenvalue weighted by Crippen LogP contribution is -2.53. The van der Waals surface area contributed by atoms with Crippen LogP contribution in [-0.2, 0) is 5.66 Å². The first-order valence-electron chi connectivity index (χ1n) is 8.19. The van der Waals surface area contributed by atoms with E-state index in [4.69, 9.17) is 12.2 Å². The zero-order valence-electron chi connectivity index (χ0n) is 13.4. The van der Waals surface area contributed by atoms with Crippen LogP contribution in [-0.4, -0.2) is 5.11 Å². The first-order valence-corrected chi connectivity index (χ1v) is 8.60. The van der Waals surface area contributed by atoms with Crippen LogP contribution in [0.1, 0.15) is 11.1 Å². The molecule has 2 aliphatic rings. The maximum atomic E-state index is 5.52. The third kappa shape index (κ3) is 1.96. The van der Waals surface area contributed by atoms with Gasteiger partial charge in [-0.3, -0.25) is 10.4 Å². The highest BCUT2D eigenvalue weighted by molar-refractivity contribution is 7.80. The monoisotopic (exact) mass is 344 g/mol. The fourth-order valence-corrected chi connectivity index (χ4v) is 3.99. The Morgan fingerprint density at radius 1 is 0.720 bits per heavy atom. The Hall–Kier alpha value is -3.05. The molecule has 0 saturated carbocycles. The van der Waals surface area contributed by atoms with Crippen molar-refractivity contribution < 1.29 is 0 Å². The van der Waals surface area contributed by atoms with E-state index in [1.807, 2.05) is 30.3 Å². The minimum Gasteiger partial charge on any atom is -0.355 e. The number of nitrogens with one attached hydrogen (secondary N) is 3. The summed E-state index contributed by atoms with van der Waals surface area (Å²) in [4.78, 5) is 0. The van der Waals surface area contributed by atoms with Gasteiger partial charge in [-0.15, -0.1) is 0 Å². The molecule has 4 nitrogen and oxygen atoms in total. The average molecular weight is 344 g/mol. The Balaban J connectivity index is 1.83. The van der Waals surface area contributed by atoms with Crippen molar-refractivity contribution in [2.45, 2.75) is 5.66 Å². The van der Waals surface area contributed by atoms with Gasteiger partial charge >= 0.3 is 0 Å². The lowest BCUT2D eigenvalue weighted by Gasteiger charge is -2.43. The SMILES string of the molecule is S=C1NN(c2ccccc2)C2(N1)c1ccccc1Nc1ccccc12. The van der Waals surface area contributed by atoms with E-state index in [9.17, 15) is 0 Å². The number of nitrogens with zero attached hydrogens (tertiary/aromatic N) is 1. The molecule has 0 radical (unpaired) electrons. The van der Waals surface area contributed by atoms with Crippen LogP contribution in [0.5, 0.6) is 0 Å². The van der Waals surface area contributed by atoms with Gasteiger partial charge in [-0.25, -0.2) is 0 Å². The minimum absolute atomic E-state index is 0.600. The standard InChI is InChI=1S/C20H16N4S/c25-19-22-20(24(23-19)14-8-2-1-3-9-14)15-10-4-6-12-17(15)21-18-13-7-5-11-16(18)20/h1-13,21H,(H2,22,23,25). The van der Waals surface area contributed by atoms with Crippen LogP contribution >= 0.6 is 12.2 Å². The number of fused-ring (bicyclic) bond motifs is 4. The van der Waals surface area contributed by atoms with E-state index in [0.29, 0.717) is 5.11 Å². The van der Waals surface area contributed by atoms with E-state index in [2.05, 4.69) is 69.6 Å². The molecule has 1 saturated heterocycles. The Bertz CT molecular complexity index is 925. The number of hydrogen-bond donors (Lipinski definition) is 3. The maximum Gasteiger partial charge on any atom is 0.187 e. The predicted octanol–water partition coefficient (Wildman–Crippen LogP) is 3.84. The van der Waals surface area contributed by atoms with Crippen molar-refractivity contribution in [3.05, 3.63) is 90.0 Å². The molecule has 5 heteroatoms. The van der Waals surface area contributed by atoms with Gasteiger partial charge in [-0.2, -0.15) is 0 Å². The largest absolute Gasteiger partial charge is 0.355 e. The highest BCUT2D eigenvalue weighted by atomic mass is 32.1. The van der Waals surface area contributed by atoms with E-state index in [0.717, 1.165) is 28.2 Å². The zero-order chi connectivity index (χ0) is 16.9. The molecule has 0 aromatic heterocycles. The average Bonchev–Trinajstić information content (AvgIpc) is 3.01. The number of hydrazine groups is 1. The van der Waals surface area contributed by atoms with Gasteiger partial charge in [0.1, 0.15) is 0 Å². The molecule has 0 aliphatic carbocycles. The molecule has 0 amide bonds. The number of rotatable bonds is 1. The number of thiocarbonyl (C=S) groups is 1. The van der Waals surface area contributed by atoms with E-state index in [1.54, 1.807) is 0 Å². The van der Waals surface area contributed by atoms with Gasteiger partial charge in [0.25, 0.3) is 0 Å². The van der Waals surface area contributed by atoms with Gasteiger partial charge in [0.2, 0.25) is 0 Å². The van der Waals surface area contributed by atoms with Crippen LogP contribution in [0.15, 0.2) is 78.9 Å². The molecule has 0 atom stereocenters. The Morgan fingerprint density at radius 2 is 1.28 bits per heavy atom. The molecular formula is C20H16N4S. The van der Waals surface area contributed by atoms with Crippen LogP contribution in [0.3, 0.4) is 0 Å². The summed E-state index contributed by atoms with van der Waals surface area (Å²) in [5.74, 6) is 0. The third-order valence-electron chi connectivity index (χ3n) is 4.76. The number of hydrogen-bond acceptors (Lipinski definition) is 3. The Kier molecular flexibility index (Phi) is 2.99. The molecular weight excluding hydrogens is 328 g/mol. The van der Waals surface area contributed by atoms with Crippen molar-refractivity contribution in [1.29, 1.82) is 0 Å². The van der Waals surface area contributed by atoms with E-state index < -0.39 is 5.66 Å². The van der Waals surface area contributed by atoms with E-state index in [-0.39, 0.29) is 0 Å². The summed E-state index contributed by atoms with van der Waals surface area (Å²) >= 11 is 5.52. The molecule has 25 heavy (non-hydrogen) atoms. The number of benzene rings is 3. The molecule has 1 fully saturated rings. The second kappa shape index (κ2) is 5.22. The van der Waals surface area contributed by atoms with E-state index >= 15 is 0 Å². The van der Waals surface area contributed by atoms with Crippen molar-refractivity contribution >= 4 is 34.4 Å². The van der Waals surface area contributed by atoms with Gasteiger partial charge < -0.3 is 10.6 Å². The zero-order valence-corrected chi connectivity index (χ0v) is 14.2. The third-order valence-corrected chi connectivity index (χ3v) is 4.95. The van der Waals surface area contributed by atoms with Crippen LogP contribution in [0.4, 0.5) is 17.1 Å². The highest BCUT2D eigenvalue weighted by Crippen LogP contribution is 2.48. The smallest absolute Gasteiger partial charge is 0.187 e. The van der Waals surface area contributed by atoms with Gasteiger partial charge in [0.15, 0.2) is 10.8 Å². The van der Waals surface area contributed by atoms with Crippen molar-refractivity contribution in [1.82, 2.24) is 10.7 Å². The van der Waals surface area contributed by atoms with E-state index in [1.165, 1.54) is 0 Å². The molecule has 0 unspecified atom stereocenters. The quantitative estimate of drug-likeness (QED) is 0.585. The summed E-state index contributed by atoms with van der Waals surface area (Å²) in [5.41, 5.74) is 8.18. The van der Waals surface area contributed by atoms with Crippen molar-refractivity contribution in [2.24, 2.45) is 0 Å². The predicted molar refractivity (Wildman–Crippen MR) is 105 cm³/mol. The van der Waals surface area contributed by atoms with Gasteiger partial charge in [0.05, 0.1) is 5.69 Å². The molecule has 122 valence electrons. The molecule has 0 bridgehead atoms. The Morgan fingerprint density at radius 3 is 1.92 bits per heavy atom. The Labute approximate surface area is 151 Å². The molecule has 3 aromatic rings. The lowest BCUT2D eigenvalue weighted by atomic mass is 9.85. The van der Waals surface area contributed by atoms with Crippen molar-refractivity contribution in [3.63, 3.8) is 0 Å². The highest BCUT2D eigenvalue weighted by Gasteiger charge is 2.51. The molecule has 3 aromatic carbocycles. The summed E-state index contributed by atoms with van der Waals surface area (Å²) in [6.07, 6.45) is 0. The first kappa shape index (κ1) is 14.3. The lowest BCUT2D eigenvalue weighted by molar-refractivity contribution is 0.479. The van der Waals surface area contributed by atoms with Crippen LogP contribution in [0, 0.1) is 0 Å². The molecule has 2 heterocycles. The summed E-state index contributed by atoms with van der Waals surface area (Å²) < 4.78 is 0. The second-order valence-corrected chi connectivity index (χ2v) is 6.57. The maximum absolute atomic E-state index is 5.52. The van der Waals surface area contributed by atoms with Gasteiger partial charge in [-0.1, -0.05) is 54.6 Å². The normalized spacial score (nSPS) is 16.5. The van der Waals surface area contributed by atoms with Crippen LogP contribution in [0.25, 0.3) is 0 Å². The second-order valence-electron chi connectivity index (χ2n) is 6.16. The van der Waals surface area contributed by atoms with Crippen LogP contribution in [0.2, 0.25) is 0 Å². The van der Waals surface area contributed by atoms with Crippen LogP contribution < -0.4 is 21.1 Å². The topological polar surface area (TPSA) is 39.3 Å². The number of anilines is 3. The molecule has 5 rings (SSSR count). The summed E-state index contributed by atoms with van der Waals surface area (Å²) in [7, 11) is 0. The van der Waals surface area contributed by atoms with Crippen molar-refractivity contribution in [3.8, 4) is 0 Å². The fourth-order valence-electron chi connectivity index (χ4n) is 3.75. The molecule has 3 N–H and O–H groups in total. The summed E-state index contributed by atoms with van der Waals surface area (Å²) in [6.45, 7) is 0. The van der Waals surface area contributed by atoms with Gasteiger partial charge in [-0.05, 0) is 36.5 Å². The fraction of sp³-hybridized carbons (Fsp3) is 0.0500. The van der Waals surface area contributed by atoms with Gasteiger partial charge in [0, 0.05) is 22.5 Å². The summed E-state index contributed by atoms with van der Waals surface area (Å²) in [6, 6.07) is 26.9. The molecule has 2 aliphatic heterocycles. The number of para-hydroxylation sites is 3. The minimum atomic E-state index is -0.600. The molecule has 1 spiro atoms. The summed E-state index contributed by atoms with van der Waals surface area (Å²) in [5, 5.41) is 9.80. The first-order chi connectivity index (χ1) is 12.3.